The summed E-state index contributed by atoms with van der Waals surface area (Å²) in [5.41, 5.74) is 5.75. The number of thiazole rings is 1. The number of methoxy groups -OCH3 is 1. The smallest absolute Gasteiger partial charge is 0.202 e. The van der Waals surface area contributed by atoms with E-state index >= 15 is 0 Å². The van der Waals surface area contributed by atoms with Gasteiger partial charge in [-0.2, -0.15) is 0 Å². The first-order valence-corrected chi connectivity index (χ1v) is 13.7. The molecule has 6 N–H and O–H groups in total. The second-order valence-electron chi connectivity index (χ2n) is 10.5. The molecule has 1 saturated heterocycles. The first kappa shape index (κ1) is 29.4. The van der Waals surface area contributed by atoms with Crippen LogP contribution in [0.15, 0.2) is 29.1 Å². The van der Waals surface area contributed by atoms with E-state index in [2.05, 4.69) is 4.98 Å². The predicted molar refractivity (Wildman–Crippen MR) is 148 cm³/mol. The Balaban J connectivity index is 0.00000337. The van der Waals surface area contributed by atoms with Gasteiger partial charge in [-0.1, -0.05) is 12.1 Å². The van der Waals surface area contributed by atoms with Gasteiger partial charge in [-0.15, -0.1) is 23.7 Å². The van der Waals surface area contributed by atoms with Crippen molar-refractivity contribution >= 4 is 35.3 Å². The Hall–Kier alpha value is -3.10. The number of hydrogen-bond donors (Lipinski definition) is 5. The first-order valence-electron chi connectivity index (χ1n) is 12.8. The van der Waals surface area contributed by atoms with E-state index in [1.807, 2.05) is 0 Å². The fourth-order valence-electron chi connectivity index (χ4n) is 6.03. The number of nitrogens with two attached hydrogens (primary N) is 1. The largest absolute Gasteiger partial charge is 0.507 e. The van der Waals surface area contributed by atoms with E-state index in [0.29, 0.717) is 5.69 Å². The maximum absolute atomic E-state index is 13.8. The van der Waals surface area contributed by atoms with Gasteiger partial charge in [0.05, 0.1) is 53.3 Å². The molecule has 0 bridgehead atoms. The third-order valence-electron chi connectivity index (χ3n) is 8.05. The van der Waals surface area contributed by atoms with Crippen LogP contribution in [0.5, 0.6) is 17.2 Å². The van der Waals surface area contributed by atoms with Gasteiger partial charge in [0.1, 0.15) is 22.8 Å². The molecule has 6 atom stereocenters. The van der Waals surface area contributed by atoms with Crippen molar-refractivity contribution < 1.29 is 44.2 Å². The summed E-state index contributed by atoms with van der Waals surface area (Å²) in [7, 11) is 1.36. The van der Waals surface area contributed by atoms with Crippen LogP contribution in [0.1, 0.15) is 74.5 Å². The van der Waals surface area contributed by atoms with Gasteiger partial charge in [0.25, 0.3) is 0 Å². The van der Waals surface area contributed by atoms with E-state index in [-0.39, 0.29) is 70.8 Å². The minimum absolute atomic E-state index is 0. The second-order valence-corrected chi connectivity index (χ2v) is 11.2. The molecule has 1 aliphatic heterocycles. The molecule has 13 heteroatoms. The SMILES string of the molecule is COc1cccc2c1C(=O)c1c(O)c3c(c(O)c1C2=O)CC(O)(c1cscn1)CC3OC1CC(N)C(O)C(C)O1.Cl. The van der Waals surface area contributed by atoms with Crippen molar-refractivity contribution in [1.29, 1.82) is 0 Å². The van der Waals surface area contributed by atoms with E-state index in [0.717, 1.165) is 0 Å². The van der Waals surface area contributed by atoms with Crippen molar-refractivity contribution in [1.82, 2.24) is 4.98 Å². The Morgan fingerprint density at radius 2 is 1.88 bits per heavy atom. The molecule has 0 spiro atoms. The van der Waals surface area contributed by atoms with E-state index < -0.39 is 59.3 Å². The Labute approximate surface area is 244 Å². The molecule has 41 heavy (non-hydrogen) atoms. The van der Waals surface area contributed by atoms with Crippen LogP contribution in [0.3, 0.4) is 0 Å². The molecule has 2 heterocycles. The lowest BCUT2D eigenvalue weighted by Crippen LogP contribution is -2.52. The zero-order chi connectivity index (χ0) is 28.5. The summed E-state index contributed by atoms with van der Waals surface area (Å²) in [5.74, 6) is -2.26. The summed E-state index contributed by atoms with van der Waals surface area (Å²) in [6.45, 7) is 1.65. The fourth-order valence-corrected chi connectivity index (χ4v) is 6.67. The number of carbonyl (C=O) groups is 2. The maximum Gasteiger partial charge on any atom is 0.202 e. The summed E-state index contributed by atoms with van der Waals surface area (Å²) in [4.78, 5) is 31.6. The lowest BCUT2D eigenvalue weighted by atomic mass is 9.72. The van der Waals surface area contributed by atoms with Gasteiger partial charge < -0.3 is 40.4 Å². The number of fused-ring (bicyclic) bond motifs is 3. The van der Waals surface area contributed by atoms with Crippen LogP contribution in [-0.4, -0.2) is 68.6 Å². The highest BCUT2D eigenvalue weighted by Gasteiger charge is 2.49. The van der Waals surface area contributed by atoms with Crippen LogP contribution in [0, 0.1) is 0 Å². The zero-order valence-electron chi connectivity index (χ0n) is 22.1. The van der Waals surface area contributed by atoms with E-state index in [4.69, 9.17) is 19.9 Å². The Morgan fingerprint density at radius 1 is 1.15 bits per heavy atom. The van der Waals surface area contributed by atoms with Crippen molar-refractivity contribution in [2.24, 2.45) is 5.73 Å². The number of phenols is 2. The Kier molecular flexibility index (Phi) is 7.62. The van der Waals surface area contributed by atoms with E-state index in [1.54, 1.807) is 23.9 Å². The van der Waals surface area contributed by atoms with Gasteiger partial charge in [0.15, 0.2) is 12.1 Å². The molecule has 218 valence electrons. The number of ether oxygens (including phenoxy) is 3. The molecule has 2 aromatic carbocycles. The molecular formula is C28H29ClN2O9S. The average molecular weight is 605 g/mol. The van der Waals surface area contributed by atoms with Crippen molar-refractivity contribution in [3.05, 3.63) is 68.2 Å². The van der Waals surface area contributed by atoms with Gasteiger partial charge in [-0.3, -0.25) is 9.59 Å². The number of carbonyl (C=O) groups excluding carboxylic acids is 2. The molecule has 3 aliphatic rings. The molecule has 0 saturated carbocycles. The fraction of sp³-hybridized carbons (Fsp3) is 0.393. The maximum atomic E-state index is 13.8. The van der Waals surface area contributed by atoms with E-state index in [1.165, 1.54) is 30.6 Å². The number of aliphatic hydroxyl groups excluding tert-OH is 1. The van der Waals surface area contributed by atoms with Gasteiger partial charge in [-0.05, 0) is 13.0 Å². The number of phenolic OH excluding ortho intramolecular Hbond substituents is 2. The summed E-state index contributed by atoms with van der Waals surface area (Å²) in [5, 5.41) is 46.8. The third kappa shape index (κ3) is 4.50. The molecule has 6 unspecified atom stereocenters. The van der Waals surface area contributed by atoms with E-state index in [9.17, 15) is 30.0 Å². The molecule has 11 nitrogen and oxygen atoms in total. The number of hydrogen-bond acceptors (Lipinski definition) is 12. The Morgan fingerprint density at radius 3 is 2.54 bits per heavy atom. The lowest BCUT2D eigenvalue weighted by molar-refractivity contribution is -0.248. The highest BCUT2D eigenvalue weighted by molar-refractivity contribution is 7.07. The minimum Gasteiger partial charge on any atom is -0.507 e. The van der Waals surface area contributed by atoms with Gasteiger partial charge >= 0.3 is 0 Å². The van der Waals surface area contributed by atoms with Crippen LogP contribution in [0.25, 0.3) is 0 Å². The van der Waals surface area contributed by atoms with Crippen molar-refractivity contribution in [3.8, 4) is 17.2 Å². The molecule has 3 aromatic rings. The summed E-state index contributed by atoms with van der Waals surface area (Å²) < 4.78 is 17.4. The monoisotopic (exact) mass is 604 g/mol. The predicted octanol–water partition coefficient (Wildman–Crippen LogP) is 2.47. The number of aromatic hydroxyl groups is 2. The van der Waals surface area contributed by atoms with Gasteiger partial charge in [-0.25, -0.2) is 4.98 Å². The van der Waals surface area contributed by atoms with Crippen molar-refractivity contribution in [2.75, 3.05) is 7.11 Å². The van der Waals surface area contributed by atoms with Gasteiger partial charge in [0.2, 0.25) is 5.78 Å². The van der Waals surface area contributed by atoms with Crippen LogP contribution < -0.4 is 10.5 Å². The van der Waals surface area contributed by atoms with Gasteiger partial charge in [0, 0.05) is 47.4 Å². The molecule has 0 amide bonds. The highest BCUT2D eigenvalue weighted by Crippen LogP contribution is 2.54. The van der Waals surface area contributed by atoms with Crippen molar-refractivity contribution in [3.63, 3.8) is 0 Å². The first-order chi connectivity index (χ1) is 19.1. The number of nitrogens with zero attached hydrogens (tertiary/aromatic N) is 1. The Bertz CT molecular complexity index is 1520. The number of rotatable bonds is 4. The van der Waals surface area contributed by atoms with Crippen molar-refractivity contribution in [2.45, 2.75) is 62.4 Å². The number of benzene rings is 2. The minimum atomic E-state index is -1.64. The molecule has 0 radical (unpaired) electrons. The molecule has 1 fully saturated rings. The number of aliphatic hydroxyl groups is 2. The summed E-state index contributed by atoms with van der Waals surface area (Å²) >= 11 is 1.27. The number of ketones is 2. The molecule has 6 rings (SSSR count). The summed E-state index contributed by atoms with van der Waals surface area (Å²) in [6.07, 6.45) is -3.79. The zero-order valence-corrected chi connectivity index (χ0v) is 23.7. The molecule has 2 aliphatic carbocycles. The number of aromatic nitrogens is 1. The number of halogens is 1. The molecular weight excluding hydrogens is 576 g/mol. The lowest BCUT2D eigenvalue weighted by Gasteiger charge is -2.42. The topological polar surface area (TPSA) is 182 Å². The van der Waals surface area contributed by atoms with Crippen LogP contribution in [-0.2, 0) is 21.5 Å². The molecule has 1 aromatic heterocycles. The quantitative estimate of drug-likeness (QED) is 0.216. The normalized spacial score (nSPS) is 28.8. The van der Waals surface area contributed by atoms with Crippen LogP contribution in [0.2, 0.25) is 0 Å². The standard InChI is InChI=1S/C28H28N2O9S.ClH/c1-11-23(31)14(29)6-18(38-11)39-16-8-28(36,17-9-40-10-30-17)7-13-20(16)27(35)22-21(25(13)33)24(32)12-4-3-5-15(37-2)19(12)26(22)34;/h3-5,9-11,14,16,18,23,31,33,35-36H,6-8,29H2,1-2H3;1H. The average Bonchev–Trinajstić information content (AvgIpc) is 3.48. The highest BCUT2D eigenvalue weighted by atomic mass is 35.5. The summed E-state index contributed by atoms with van der Waals surface area (Å²) in [6, 6.07) is 3.89. The second kappa shape index (κ2) is 10.6. The van der Waals surface area contributed by atoms with Crippen LogP contribution in [0.4, 0.5) is 0 Å². The van der Waals surface area contributed by atoms with Crippen LogP contribution >= 0.6 is 23.7 Å². The third-order valence-corrected chi connectivity index (χ3v) is 8.64.